The first kappa shape index (κ1) is 84.1. The van der Waals surface area contributed by atoms with E-state index in [0.29, 0.717) is 45.4 Å². The number of aliphatic hydroxyl groups excluding tert-OH is 1. The number of carbonyl (C=O) groups excluding carboxylic acids is 3. The van der Waals surface area contributed by atoms with Crippen molar-refractivity contribution in [2.75, 3.05) is 46.8 Å². The van der Waals surface area contributed by atoms with E-state index < -0.39 is 24.0 Å². The summed E-state index contributed by atoms with van der Waals surface area (Å²) in [6.45, 7) is 28.8. The molecule has 5 aliphatic carbocycles. The number of rotatable bonds is 8. The Hall–Kier alpha value is -0.734. The fraction of sp³-hybridized carbons (Fsp3) is 0.909. The molecule has 7 N–H and O–H groups in total. The molecule has 0 aromatic rings. The molecule has 0 atom stereocenters. The quantitative estimate of drug-likeness (QED) is 0.0761. The molecule has 0 bridgehead atoms. The van der Waals surface area contributed by atoms with Gasteiger partial charge in [-0.3, -0.25) is 32.8 Å². The molecule has 76 heavy (non-hydrogen) atoms. The van der Waals surface area contributed by atoms with Crippen LogP contribution in [0.15, 0.2) is 0 Å². The number of carboxylic acid groups (broad SMARTS) is 1. The van der Waals surface area contributed by atoms with Gasteiger partial charge >= 0.3 is 81.3 Å². The molecule has 1 saturated heterocycles. The van der Waals surface area contributed by atoms with Crippen LogP contribution >= 0.6 is 7.60 Å². The zero-order valence-corrected chi connectivity index (χ0v) is 54.8. The maximum absolute atomic E-state index is 12.0. The van der Waals surface area contributed by atoms with E-state index in [1.54, 1.807) is 6.92 Å². The molecule has 0 radical (unpaired) electrons. The molecule has 0 spiro atoms. The van der Waals surface area contributed by atoms with E-state index >= 15 is 0 Å². The maximum atomic E-state index is 12.0. The molecule has 0 aromatic carbocycles. The molecule has 0 aromatic heterocycles. The number of nitriles is 1. The summed E-state index contributed by atoms with van der Waals surface area (Å²) >= 11 is 0. The van der Waals surface area contributed by atoms with Gasteiger partial charge in [-0.2, -0.15) is 13.7 Å². The van der Waals surface area contributed by atoms with E-state index in [9.17, 15) is 23.7 Å². The molecular formula is C55H107KNO17PS. The van der Waals surface area contributed by atoms with Crippen molar-refractivity contribution < 1.29 is 132 Å². The van der Waals surface area contributed by atoms with Crippen LogP contribution in [0.25, 0.3) is 0 Å². The number of hydrogen-bond acceptors (Lipinski definition) is 14. The number of hydrogen-bond donors (Lipinski definition) is 4. The van der Waals surface area contributed by atoms with E-state index in [1.807, 2.05) is 6.92 Å². The van der Waals surface area contributed by atoms with Crippen LogP contribution < -0.4 is 51.4 Å². The first-order valence-electron chi connectivity index (χ1n) is 27.0. The number of ether oxygens (including phenoxy) is 2. The molecule has 1 heterocycles. The van der Waals surface area contributed by atoms with Crippen LogP contribution in [0.3, 0.4) is 0 Å². The predicted molar refractivity (Wildman–Crippen MR) is 294 cm³/mol. The van der Waals surface area contributed by atoms with E-state index in [1.165, 1.54) is 39.9 Å². The molecule has 6 aliphatic rings. The van der Waals surface area contributed by atoms with E-state index in [2.05, 4.69) is 75.3 Å². The Labute approximate surface area is 503 Å². The number of nitrogens with zero attached hydrogens (tertiary/aromatic N) is 1. The second-order valence-electron chi connectivity index (χ2n) is 24.4. The number of aliphatic hydroxyl groups is 1. The summed E-state index contributed by atoms with van der Waals surface area (Å²) in [5.74, 6) is 0.367. The normalized spacial score (nSPS) is 21.3. The molecule has 6 fully saturated rings. The molecule has 1 aliphatic heterocycles. The fourth-order valence-electron chi connectivity index (χ4n) is 9.03. The van der Waals surface area contributed by atoms with Gasteiger partial charge in [0.25, 0.3) is 0 Å². The van der Waals surface area contributed by atoms with Gasteiger partial charge in [-0.15, -0.1) is 0 Å². The third kappa shape index (κ3) is 44.9. The Balaban J connectivity index is -0.000000261. The Morgan fingerprint density at radius 3 is 1.22 bits per heavy atom. The minimum absolute atomic E-state index is 0. The molecule has 0 unspecified atom stereocenters. The molecule has 0 amide bonds. The summed E-state index contributed by atoms with van der Waals surface area (Å²) in [5.41, 5.74) is 2.10. The van der Waals surface area contributed by atoms with Crippen molar-refractivity contribution in [3.63, 3.8) is 0 Å². The third-order valence-corrected chi connectivity index (χ3v) is 16.7. The van der Waals surface area contributed by atoms with E-state index in [4.69, 9.17) is 51.5 Å². The Bertz CT molecular complexity index is 1720. The zero-order chi connectivity index (χ0) is 56.7. The van der Waals surface area contributed by atoms with Gasteiger partial charge in [0.2, 0.25) is 0 Å². The van der Waals surface area contributed by atoms with Crippen molar-refractivity contribution in [2.24, 2.45) is 50.7 Å². The van der Waals surface area contributed by atoms with E-state index in [-0.39, 0.29) is 105 Å². The van der Waals surface area contributed by atoms with Gasteiger partial charge in [-0.1, -0.05) is 69.2 Å². The standard InChI is InChI=1S/C12H23O4P.C11H20O2.C9H15N.C9H16O2.C8H14O.C4H8O.C2H6O.K.H2O4S.2H2O/c1-12(2)7-5-10(6-8-12)11(13)9-17(14,15-3)16-4;1-4-13-10(12)9-5-7-11(2,3)8-6-9;1-9(2)5-3-8(7-10)4-6-9;1-9(2)5-3-7(4-6-9)8(10)11;1-8(2)5-3-7(9)4-6-8;1-2-4-5-3-1;1-2-3;;1-5(2,3)4;;/h10H,5-9H2,1-4H3;9H,4-8H2,1-3H3;8H,3-6H2,1-2H3;7H,3-6H2,1-2H3,(H,10,11);3-6H2,1-2H3;1-4H2;3H,2H2,1H3;;(H2,1,2,3,4);2*1H2/q;;;;;;;+1;;;/p-1. The smallest absolute Gasteiger partial charge is 0.870 e. The number of ketones is 2. The number of esters is 1. The summed E-state index contributed by atoms with van der Waals surface area (Å²) in [4.78, 5) is 44.7. The summed E-state index contributed by atoms with van der Waals surface area (Å²) in [6.07, 6.45) is 23.0. The topological polar surface area (TPSA) is 323 Å². The Morgan fingerprint density at radius 2 is 0.961 bits per heavy atom. The number of carboxylic acids is 1. The number of Topliss-reactive ketones (excluding diaryl/α,β-unsaturated/α-hetero) is 2. The molecule has 21 heteroatoms. The minimum atomic E-state index is -4.67. The van der Waals surface area contributed by atoms with Gasteiger partial charge in [-0.05, 0) is 169 Å². The van der Waals surface area contributed by atoms with Crippen molar-refractivity contribution in [1.29, 1.82) is 5.26 Å². The molecule has 6 rings (SSSR count). The average molecular weight is 1160 g/mol. The van der Waals surface area contributed by atoms with Crippen molar-refractivity contribution in [2.45, 2.75) is 224 Å². The zero-order valence-electron chi connectivity index (χ0n) is 49.9. The van der Waals surface area contributed by atoms with Crippen LogP contribution in [0.4, 0.5) is 0 Å². The Morgan fingerprint density at radius 1 is 0.658 bits per heavy atom. The van der Waals surface area contributed by atoms with Gasteiger partial charge in [0.1, 0.15) is 17.7 Å². The predicted octanol–water partition coefficient (Wildman–Crippen LogP) is 9.34. The van der Waals surface area contributed by atoms with Crippen LogP contribution in [0.1, 0.15) is 224 Å². The van der Waals surface area contributed by atoms with Gasteiger partial charge in [0.05, 0.1) is 24.5 Å². The Kier molecular flexibility index (Phi) is 46.6. The number of aliphatic carboxylic acids is 1. The van der Waals surface area contributed by atoms with Gasteiger partial charge in [0, 0.05) is 58.7 Å². The fourth-order valence-corrected chi connectivity index (χ4v) is 10.1. The number of carbonyl (C=O) groups is 4. The van der Waals surface area contributed by atoms with Crippen molar-refractivity contribution >= 4 is 41.5 Å². The monoisotopic (exact) mass is 1160 g/mol. The van der Waals surface area contributed by atoms with Gasteiger partial charge in [-0.25, -0.2) is 0 Å². The first-order valence-corrected chi connectivity index (χ1v) is 30.1. The second-order valence-corrected chi connectivity index (χ2v) is 27.5. The summed E-state index contributed by atoms with van der Waals surface area (Å²) in [5, 5.41) is 24.9. The summed E-state index contributed by atoms with van der Waals surface area (Å²) < 4.78 is 63.0. The van der Waals surface area contributed by atoms with Crippen molar-refractivity contribution in [3.8, 4) is 6.07 Å². The summed E-state index contributed by atoms with van der Waals surface area (Å²) in [7, 11) is -5.21. The molecule has 18 nitrogen and oxygen atoms in total. The first-order chi connectivity index (χ1) is 33.5. The van der Waals surface area contributed by atoms with Gasteiger partial charge < -0.3 is 39.7 Å². The van der Waals surface area contributed by atoms with Crippen LogP contribution in [-0.4, -0.2) is 109 Å². The summed E-state index contributed by atoms with van der Waals surface area (Å²) in [6, 6.07) is 2.34. The third-order valence-electron chi connectivity index (χ3n) is 14.9. The molecule has 446 valence electrons. The largest absolute Gasteiger partial charge is 1.00 e. The second kappa shape index (κ2) is 42.1. The van der Waals surface area contributed by atoms with Crippen molar-refractivity contribution in [3.05, 3.63) is 0 Å². The van der Waals surface area contributed by atoms with Crippen molar-refractivity contribution in [1.82, 2.24) is 0 Å². The van der Waals surface area contributed by atoms with Crippen LogP contribution in [0.2, 0.25) is 0 Å². The van der Waals surface area contributed by atoms with Crippen LogP contribution in [0.5, 0.6) is 0 Å². The maximum Gasteiger partial charge on any atom is 1.00 e. The minimum Gasteiger partial charge on any atom is -0.870 e. The van der Waals surface area contributed by atoms with Crippen LogP contribution in [-0.2, 0) is 52.7 Å². The molecular weight excluding hydrogens is 1050 g/mol. The SMILES string of the molecule is C1CCOC1.CC1(C)CCC(=O)CC1.CC1(C)CCC(C#N)CC1.CC1(C)CCC(C(=O)O)CC1.CCO.CCOC(=O)C1CCC(C)(C)CC1.COP(=O)(CC(=O)C1CCC(C)(C)CC1)OC.O.O=S(=O)(O)O.[K+].[OH-]. The van der Waals surface area contributed by atoms with E-state index in [0.717, 1.165) is 129 Å². The van der Waals surface area contributed by atoms with Crippen LogP contribution in [0, 0.1) is 62.1 Å². The molecule has 5 saturated carbocycles. The van der Waals surface area contributed by atoms with Gasteiger partial charge in [0.15, 0.2) is 0 Å². The average Bonchev–Trinajstić information content (AvgIpc) is 3.89.